The first-order chi connectivity index (χ1) is 12.0. The molecule has 0 spiro atoms. The van der Waals surface area contributed by atoms with Gasteiger partial charge in [-0.05, 0) is 36.8 Å². The second-order valence-corrected chi connectivity index (χ2v) is 6.02. The number of ketones is 1. The van der Waals surface area contributed by atoms with E-state index in [0.717, 1.165) is 16.5 Å². The molecule has 0 fully saturated rings. The lowest BCUT2D eigenvalue weighted by atomic mass is 10.1. The summed E-state index contributed by atoms with van der Waals surface area (Å²) >= 11 is 0. The molecule has 6 heteroatoms. The zero-order valence-electron chi connectivity index (χ0n) is 14.0. The summed E-state index contributed by atoms with van der Waals surface area (Å²) in [6.45, 7) is 2.48. The maximum atomic E-state index is 12.1. The van der Waals surface area contributed by atoms with Gasteiger partial charge in [0.25, 0.3) is 0 Å². The quantitative estimate of drug-likeness (QED) is 0.535. The second-order valence-electron chi connectivity index (χ2n) is 6.02. The van der Waals surface area contributed by atoms with Gasteiger partial charge in [-0.15, -0.1) is 0 Å². The number of nitrogens with one attached hydrogen (secondary N) is 1. The van der Waals surface area contributed by atoms with Gasteiger partial charge in [-0.25, -0.2) is 0 Å². The summed E-state index contributed by atoms with van der Waals surface area (Å²) in [5, 5.41) is 8.08. The summed E-state index contributed by atoms with van der Waals surface area (Å²) in [6, 6.07) is 12.8. The van der Waals surface area contributed by atoms with E-state index in [1.54, 1.807) is 30.5 Å². The van der Waals surface area contributed by atoms with Crippen LogP contribution in [0.25, 0.3) is 10.9 Å². The molecule has 6 nitrogen and oxygen atoms in total. The summed E-state index contributed by atoms with van der Waals surface area (Å²) in [5.74, 6) is -0.443. The van der Waals surface area contributed by atoms with Gasteiger partial charge in [0.2, 0.25) is 5.91 Å². The predicted molar refractivity (Wildman–Crippen MR) is 98.2 cm³/mol. The van der Waals surface area contributed by atoms with Crippen LogP contribution in [0, 0.1) is 6.92 Å². The van der Waals surface area contributed by atoms with Crippen LogP contribution in [0.15, 0.2) is 48.7 Å². The fraction of sp³-hybridized carbons (Fsp3) is 0.211. The lowest BCUT2D eigenvalue weighted by Gasteiger charge is -2.07. The summed E-state index contributed by atoms with van der Waals surface area (Å²) < 4.78 is 1.82. The van der Waals surface area contributed by atoms with E-state index in [9.17, 15) is 9.59 Å². The first kappa shape index (κ1) is 16.7. The highest BCUT2D eigenvalue weighted by Crippen LogP contribution is 2.18. The zero-order valence-corrected chi connectivity index (χ0v) is 14.0. The van der Waals surface area contributed by atoms with Crippen LogP contribution in [0.4, 0.5) is 11.4 Å². The Hall–Kier alpha value is -3.15. The smallest absolute Gasteiger partial charge is 0.231 e. The lowest BCUT2D eigenvalue weighted by Crippen LogP contribution is -2.17. The molecule has 0 unspecified atom stereocenters. The number of amides is 1. The topological polar surface area (TPSA) is 90.0 Å². The molecule has 0 aliphatic heterocycles. The number of hydrogen-bond acceptors (Lipinski definition) is 4. The molecule has 1 aromatic heterocycles. The summed E-state index contributed by atoms with van der Waals surface area (Å²) in [7, 11) is 0. The largest absolute Gasteiger partial charge is 0.399 e. The molecule has 0 bridgehead atoms. The van der Waals surface area contributed by atoms with Crippen LogP contribution < -0.4 is 11.1 Å². The maximum absolute atomic E-state index is 12.1. The Labute approximate surface area is 145 Å². The fourth-order valence-corrected chi connectivity index (χ4v) is 2.77. The Morgan fingerprint density at radius 1 is 1.16 bits per heavy atom. The number of fused-ring (bicyclic) bond motifs is 1. The number of anilines is 2. The van der Waals surface area contributed by atoms with Crippen LogP contribution in [-0.2, 0) is 16.1 Å². The Balaban J connectivity index is 1.55. The zero-order chi connectivity index (χ0) is 17.8. The highest BCUT2D eigenvalue weighted by Gasteiger charge is 2.12. The molecule has 2 aromatic carbocycles. The van der Waals surface area contributed by atoms with Gasteiger partial charge in [-0.1, -0.05) is 18.2 Å². The molecule has 3 rings (SSSR count). The van der Waals surface area contributed by atoms with Crippen LogP contribution in [0.2, 0.25) is 0 Å². The van der Waals surface area contributed by atoms with E-state index in [1.165, 1.54) is 0 Å². The molecule has 0 aliphatic carbocycles. The minimum absolute atomic E-state index is 0.120. The van der Waals surface area contributed by atoms with Crippen molar-refractivity contribution in [2.75, 3.05) is 11.1 Å². The molecule has 0 saturated heterocycles. The molecule has 0 radical (unpaired) electrons. The molecule has 128 valence electrons. The van der Waals surface area contributed by atoms with E-state index in [1.807, 2.05) is 29.8 Å². The number of benzene rings is 2. The number of carbonyl (C=O) groups excluding carboxylic acids is 2. The van der Waals surface area contributed by atoms with Crippen molar-refractivity contribution < 1.29 is 9.59 Å². The monoisotopic (exact) mass is 336 g/mol. The standard InChI is InChI=1S/C19H20N4O2/c1-13-3-2-4-14-12-21-23(19(13)14)10-9-17(24)11-18(25)22-16-7-5-15(20)6-8-16/h2-8,12H,9-11,20H2,1H3,(H,22,25). The first-order valence-electron chi connectivity index (χ1n) is 8.11. The minimum Gasteiger partial charge on any atom is -0.399 e. The van der Waals surface area contributed by atoms with Crippen molar-refractivity contribution in [1.82, 2.24) is 9.78 Å². The maximum Gasteiger partial charge on any atom is 0.231 e. The number of nitrogen functional groups attached to an aromatic ring is 1. The summed E-state index contributed by atoms with van der Waals surface area (Å²) in [6.07, 6.45) is 1.91. The Morgan fingerprint density at radius 2 is 1.92 bits per heavy atom. The molecule has 0 saturated carbocycles. The number of nitrogens with zero attached hydrogens (tertiary/aromatic N) is 2. The molecule has 3 N–H and O–H groups in total. The molecule has 1 heterocycles. The van der Waals surface area contributed by atoms with E-state index >= 15 is 0 Å². The third-order valence-electron chi connectivity index (χ3n) is 4.02. The number of aromatic nitrogens is 2. The second kappa shape index (κ2) is 7.17. The van der Waals surface area contributed by atoms with E-state index in [-0.39, 0.29) is 24.5 Å². The predicted octanol–water partition coefficient (Wildman–Crippen LogP) is 2.91. The van der Waals surface area contributed by atoms with Crippen molar-refractivity contribution in [3.63, 3.8) is 0 Å². The third-order valence-corrected chi connectivity index (χ3v) is 4.02. The van der Waals surface area contributed by atoms with Crippen LogP contribution in [-0.4, -0.2) is 21.5 Å². The van der Waals surface area contributed by atoms with Gasteiger partial charge in [-0.2, -0.15) is 5.10 Å². The van der Waals surface area contributed by atoms with Crippen LogP contribution in [0.5, 0.6) is 0 Å². The third kappa shape index (κ3) is 4.03. The van der Waals surface area contributed by atoms with E-state index in [2.05, 4.69) is 10.4 Å². The minimum atomic E-state index is -0.323. The normalized spacial score (nSPS) is 10.8. The van der Waals surface area contributed by atoms with Crippen molar-refractivity contribution in [3.05, 3.63) is 54.2 Å². The number of para-hydroxylation sites is 1. The Bertz CT molecular complexity index is 913. The van der Waals surface area contributed by atoms with E-state index in [0.29, 0.717) is 17.9 Å². The number of aryl methyl sites for hydroxylation is 2. The number of Topliss-reactive ketones (excluding diaryl/α,β-unsaturated/α-hetero) is 1. The van der Waals surface area contributed by atoms with Crippen LogP contribution >= 0.6 is 0 Å². The molecular formula is C19H20N4O2. The molecule has 25 heavy (non-hydrogen) atoms. The number of hydrogen-bond donors (Lipinski definition) is 2. The Morgan fingerprint density at radius 3 is 2.68 bits per heavy atom. The average Bonchev–Trinajstić information content (AvgIpc) is 2.99. The number of carbonyl (C=O) groups is 2. The van der Waals surface area contributed by atoms with E-state index < -0.39 is 0 Å². The van der Waals surface area contributed by atoms with Gasteiger partial charge >= 0.3 is 0 Å². The van der Waals surface area contributed by atoms with Crippen LogP contribution in [0.3, 0.4) is 0 Å². The SMILES string of the molecule is Cc1cccc2cnn(CCC(=O)CC(=O)Nc3ccc(N)cc3)c12. The summed E-state index contributed by atoms with van der Waals surface area (Å²) in [5.41, 5.74) is 8.99. The van der Waals surface area contributed by atoms with Gasteiger partial charge in [0.05, 0.1) is 18.1 Å². The van der Waals surface area contributed by atoms with Crippen molar-refractivity contribution in [2.24, 2.45) is 0 Å². The molecule has 1 amide bonds. The van der Waals surface area contributed by atoms with Gasteiger partial charge in [0.1, 0.15) is 5.78 Å². The Kier molecular flexibility index (Phi) is 4.79. The molecular weight excluding hydrogens is 316 g/mol. The van der Waals surface area contributed by atoms with Gasteiger partial charge in [0.15, 0.2) is 0 Å². The van der Waals surface area contributed by atoms with Gasteiger partial charge in [-0.3, -0.25) is 14.3 Å². The van der Waals surface area contributed by atoms with Gasteiger partial charge in [0, 0.05) is 29.7 Å². The van der Waals surface area contributed by atoms with Gasteiger partial charge < -0.3 is 11.1 Å². The number of rotatable bonds is 6. The summed E-state index contributed by atoms with van der Waals surface area (Å²) in [4.78, 5) is 24.0. The molecule has 3 aromatic rings. The molecule has 0 atom stereocenters. The van der Waals surface area contributed by atoms with Crippen molar-refractivity contribution in [3.8, 4) is 0 Å². The van der Waals surface area contributed by atoms with Crippen molar-refractivity contribution >= 4 is 34.0 Å². The first-order valence-corrected chi connectivity index (χ1v) is 8.11. The van der Waals surface area contributed by atoms with E-state index in [4.69, 9.17) is 5.73 Å². The van der Waals surface area contributed by atoms with Crippen molar-refractivity contribution in [1.29, 1.82) is 0 Å². The lowest BCUT2D eigenvalue weighted by molar-refractivity contribution is -0.125. The molecule has 0 aliphatic rings. The van der Waals surface area contributed by atoms with Crippen molar-refractivity contribution in [2.45, 2.75) is 26.3 Å². The fourth-order valence-electron chi connectivity index (χ4n) is 2.77. The van der Waals surface area contributed by atoms with Crippen LogP contribution in [0.1, 0.15) is 18.4 Å². The highest BCUT2D eigenvalue weighted by atomic mass is 16.2. The highest BCUT2D eigenvalue weighted by molar-refractivity contribution is 6.04. The number of nitrogens with two attached hydrogens (primary N) is 1. The average molecular weight is 336 g/mol.